The summed E-state index contributed by atoms with van der Waals surface area (Å²) in [4.78, 5) is 11.5. The molecule has 1 unspecified atom stereocenters. The largest absolute Gasteiger partial charge is 0.480 e. The van der Waals surface area contributed by atoms with Crippen molar-refractivity contribution in [3.63, 3.8) is 0 Å². The van der Waals surface area contributed by atoms with Gasteiger partial charge >= 0.3 is 5.97 Å². The zero-order valence-electron chi connectivity index (χ0n) is 12.8. The van der Waals surface area contributed by atoms with Gasteiger partial charge in [-0.1, -0.05) is 19.9 Å². The normalized spacial score (nSPS) is 16.0. The molecule has 0 fully saturated rings. The van der Waals surface area contributed by atoms with Gasteiger partial charge in [-0.05, 0) is 49.9 Å². The molecule has 1 atom stereocenters. The summed E-state index contributed by atoms with van der Waals surface area (Å²) in [5.74, 6) is 1.08. The number of hydrogen-bond donors (Lipinski definition) is 2. The first-order valence-corrected chi connectivity index (χ1v) is 7.27. The first-order chi connectivity index (χ1) is 9.90. The van der Waals surface area contributed by atoms with Crippen LogP contribution in [-0.2, 0) is 11.2 Å². The third-order valence-electron chi connectivity index (χ3n) is 3.72. The van der Waals surface area contributed by atoms with Crippen LogP contribution in [0, 0.1) is 5.92 Å². The van der Waals surface area contributed by atoms with Crippen molar-refractivity contribution in [2.75, 3.05) is 13.3 Å². The maximum Gasteiger partial charge on any atom is 0.323 e. The molecule has 1 aliphatic heterocycles. The second kappa shape index (κ2) is 6.35. The zero-order valence-corrected chi connectivity index (χ0v) is 12.8. The molecule has 2 N–H and O–H groups in total. The molecule has 1 heterocycles. The van der Waals surface area contributed by atoms with E-state index >= 15 is 0 Å². The van der Waals surface area contributed by atoms with Gasteiger partial charge in [0.25, 0.3) is 0 Å². The van der Waals surface area contributed by atoms with E-state index in [1.807, 2.05) is 18.2 Å². The fraction of sp³-hybridized carbons (Fsp3) is 0.562. The molecule has 0 bridgehead atoms. The summed E-state index contributed by atoms with van der Waals surface area (Å²) >= 11 is 0. The number of nitrogens with one attached hydrogen (secondary N) is 1. The number of carboxylic acid groups (broad SMARTS) is 1. The monoisotopic (exact) mass is 293 g/mol. The predicted octanol–water partition coefficient (Wildman–Crippen LogP) is 2.44. The lowest BCUT2D eigenvalue weighted by molar-refractivity contribution is -0.144. The van der Waals surface area contributed by atoms with Gasteiger partial charge in [0, 0.05) is 0 Å². The molecule has 1 aromatic carbocycles. The van der Waals surface area contributed by atoms with Crippen molar-refractivity contribution < 1.29 is 19.4 Å². The molecule has 0 aliphatic carbocycles. The highest BCUT2D eigenvalue weighted by Gasteiger charge is 2.32. The van der Waals surface area contributed by atoms with E-state index in [1.165, 1.54) is 0 Å². The van der Waals surface area contributed by atoms with Crippen molar-refractivity contribution in [1.29, 1.82) is 0 Å². The second-order valence-corrected chi connectivity index (χ2v) is 6.10. The lowest BCUT2D eigenvalue weighted by Crippen LogP contribution is -2.51. The highest BCUT2D eigenvalue weighted by atomic mass is 16.7. The number of benzene rings is 1. The molecule has 0 saturated carbocycles. The van der Waals surface area contributed by atoms with Crippen LogP contribution in [0.25, 0.3) is 0 Å². The van der Waals surface area contributed by atoms with E-state index in [9.17, 15) is 9.90 Å². The van der Waals surface area contributed by atoms with Crippen LogP contribution < -0.4 is 14.8 Å². The van der Waals surface area contributed by atoms with E-state index in [2.05, 4.69) is 19.2 Å². The Labute approximate surface area is 125 Å². The third-order valence-corrected chi connectivity index (χ3v) is 3.72. The summed E-state index contributed by atoms with van der Waals surface area (Å²) in [5, 5.41) is 12.6. The van der Waals surface area contributed by atoms with Gasteiger partial charge in [0.2, 0.25) is 6.79 Å². The third kappa shape index (κ3) is 3.88. The Hall–Kier alpha value is -1.75. The van der Waals surface area contributed by atoms with Crippen LogP contribution in [0.4, 0.5) is 0 Å². The number of aryl methyl sites for hydroxylation is 1. The molecule has 0 saturated heterocycles. The van der Waals surface area contributed by atoms with Gasteiger partial charge in [0.05, 0.1) is 0 Å². The Morgan fingerprint density at radius 3 is 2.76 bits per heavy atom. The highest BCUT2D eigenvalue weighted by Crippen LogP contribution is 2.33. The SMILES string of the molecule is CC(C)CNC(C)(CCc1ccc2c(c1)OCO2)C(=O)O. The van der Waals surface area contributed by atoms with Crippen molar-refractivity contribution in [3.05, 3.63) is 23.8 Å². The molecule has 0 amide bonds. The zero-order chi connectivity index (χ0) is 15.5. The second-order valence-electron chi connectivity index (χ2n) is 6.10. The topological polar surface area (TPSA) is 67.8 Å². The lowest BCUT2D eigenvalue weighted by Gasteiger charge is -2.27. The first kappa shape index (κ1) is 15.6. The Morgan fingerprint density at radius 1 is 1.38 bits per heavy atom. The van der Waals surface area contributed by atoms with Crippen molar-refractivity contribution >= 4 is 5.97 Å². The lowest BCUT2D eigenvalue weighted by atomic mass is 9.92. The fourth-order valence-electron chi connectivity index (χ4n) is 2.19. The number of rotatable bonds is 7. The number of carboxylic acids is 1. The van der Waals surface area contributed by atoms with E-state index in [1.54, 1.807) is 6.92 Å². The summed E-state index contributed by atoms with van der Waals surface area (Å²) < 4.78 is 10.6. The summed E-state index contributed by atoms with van der Waals surface area (Å²) in [5.41, 5.74) is 0.138. The van der Waals surface area contributed by atoms with Crippen molar-refractivity contribution in [2.24, 2.45) is 5.92 Å². The van der Waals surface area contributed by atoms with Crippen LogP contribution in [0.1, 0.15) is 32.8 Å². The minimum Gasteiger partial charge on any atom is -0.480 e. The minimum absolute atomic E-state index is 0.252. The Kier molecular flexibility index (Phi) is 4.73. The van der Waals surface area contributed by atoms with Gasteiger partial charge in [-0.15, -0.1) is 0 Å². The Morgan fingerprint density at radius 2 is 2.10 bits per heavy atom. The smallest absolute Gasteiger partial charge is 0.323 e. The van der Waals surface area contributed by atoms with E-state index in [-0.39, 0.29) is 6.79 Å². The maximum absolute atomic E-state index is 11.5. The van der Waals surface area contributed by atoms with Gasteiger partial charge in [-0.3, -0.25) is 4.79 Å². The van der Waals surface area contributed by atoms with Gasteiger partial charge in [-0.25, -0.2) is 0 Å². The molecule has 0 aromatic heterocycles. The van der Waals surface area contributed by atoms with E-state index < -0.39 is 11.5 Å². The number of fused-ring (bicyclic) bond motifs is 1. The van der Waals surface area contributed by atoms with Gasteiger partial charge in [0.1, 0.15) is 5.54 Å². The average molecular weight is 293 g/mol. The van der Waals surface area contributed by atoms with Crippen molar-refractivity contribution in [1.82, 2.24) is 5.32 Å². The molecule has 5 heteroatoms. The van der Waals surface area contributed by atoms with Crippen LogP contribution in [0.15, 0.2) is 18.2 Å². The molecule has 2 rings (SSSR count). The van der Waals surface area contributed by atoms with E-state index in [0.29, 0.717) is 25.3 Å². The minimum atomic E-state index is -0.916. The molecule has 116 valence electrons. The number of carbonyl (C=O) groups is 1. The summed E-state index contributed by atoms with van der Waals surface area (Å²) in [6, 6.07) is 5.75. The van der Waals surface area contributed by atoms with E-state index in [0.717, 1.165) is 17.1 Å². The van der Waals surface area contributed by atoms with Crippen molar-refractivity contribution in [3.8, 4) is 11.5 Å². The van der Waals surface area contributed by atoms with Crippen LogP contribution in [0.3, 0.4) is 0 Å². The summed E-state index contributed by atoms with van der Waals surface area (Å²) in [7, 11) is 0. The Bertz CT molecular complexity index is 515. The average Bonchev–Trinajstić information content (AvgIpc) is 2.90. The molecular formula is C16H23NO4. The predicted molar refractivity (Wildman–Crippen MR) is 79.8 cm³/mol. The van der Waals surface area contributed by atoms with Gasteiger partial charge in [0.15, 0.2) is 11.5 Å². The summed E-state index contributed by atoms with van der Waals surface area (Å²) in [6.45, 7) is 6.80. The van der Waals surface area contributed by atoms with Gasteiger partial charge < -0.3 is 19.9 Å². The first-order valence-electron chi connectivity index (χ1n) is 7.27. The fourth-order valence-corrected chi connectivity index (χ4v) is 2.19. The molecule has 1 aliphatic rings. The van der Waals surface area contributed by atoms with E-state index in [4.69, 9.17) is 9.47 Å². The molecule has 21 heavy (non-hydrogen) atoms. The number of aliphatic carboxylic acids is 1. The molecule has 1 aromatic rings. The van der Waals surface area contributed by atoms with Crippen LogP contribution in [-0.4, -0.2) is 30.0 Å². The molecule has 0 radical (unpaired) electrons. The molecular weight excluding hydrogens is 270 g/mol. The van der Waals surface area contributed by atoms with Crippen LogP contribution in [0.2, 0.25) is 0 Å². The maximum atomic E-state index is 11.5. The Balaban J connectivity index is 1.99. The highest BCUT2D eigenvalue weighted by molar-refractivity contribution is 5.78. The standard InChI is InChI=1S/C16H23NO4/c1-11(2)9-17-16(3,15(18)19)7-6-12-4-5-13-14(8-12)21-10-20-13/h4-5,8,11,17H,6-7,9-10H2,1-3H3,(H,18,19). The molecule has 5 nitrogen and oxygen atoms in total. The van der Waals surface area contributed by atoms with Gasteiger partial charge in [-0.2, -0.15) is 0 Å². The molecule has 0 spiro atoms. The quantitative estimate of drug-likeness (QED) is 0.808. The number of ether oxygens (including phenoxy) is 2. The van der Waals surface area contributed by atoms with Crippen LogP contribution >= 0.6 is 0 Å². The number of hydrogen-bond acceptors (Lipinski definition) is 4. The van der Waals surface area contributed by atoms with Crippen molar-refractivity contribution in [2.45, 2.75) is 39.2 Å². The summed E-state index contributed by atoms with van der Waals surface area (Å²) in [6.07, 6.45) is 1.19. The van der Waals surface area contributed by atoms with Crippen LogP contribution in [0.5, 0.6) is 11.5 Å².